The van der Waals surface area contributed by atoms with Gasteiger partial charge in [0.15, 0.2) is 0 Å². The molecule has 1 aromatic carbocycles. The third-order valence-corrected chi connectivity index (χ3v) is 5.23. The van der Waals surface area contributed by atoms with Crippen LogP contribution in [0.15, 0.2) is 18.2 Å². The van der Waals surface area contributed by atoms with Crippen LogP contribution in [0.4, 0.5) is 5.69 Å². The number of anilines is 1. The van der Waals surface area contributed by atoms with Crippen molar-refractivity contribution >= 4 is 21.8 Å². The minimum Gasteiger partial charge on any atom is -0.508 e. The van der Waals surface area contributed by atoms with Gasteiger partial charge in [0.1, 0.15) is 5.75 Å². The Balaban J connectivity index is 2.39. The van der Waals surface area contributed by atoms with Gasteiger partial charge in [0.25, 0.3) is 10.1 Å². The SMILES string of the molecule is CC1(C)CC(CS(=O)(=O)O)c2ccc(O)cc2N1CCCC(=O)O. The molecule has 0 bridgehead atoms. The van der Waals surface area contributed by atoms with E-state index >= 15 is 0 Å². The summed E-state index contributed by atoms with van der Waals surface area (Å²) in [5.41, 5.74) is 0.986. The lowest BCUT2D eigenvalue weighted by atomic mass is 9.79. The largest absolute Gasteiger partial charge is 0.508 e. The van der Waals surface area contributed by atoms with Crippen molar-refractivity contribution < 1.29 is 28.0 Å². The van der Waals surface area contributed by atoms with Gasteiger partial charge in [0.05, 0.1) is 5.75 Å². The Morgan fingerprint density at radius 2 is 2.04 bits per heavy atom. The summed E-state index contributed by atoms with van der Waals surface area (Å²) in [5, 5.41) is 18.6. The Morgan fingerprint density at radius 3 is 2.62 bits per heavy atom. The summed E-state index contributed by atoms with van der Waals surface area (Å²) in [6, 6.07) is 4.72. The number of phenols is 1. The number of phenolic OH excluding ortho intramolecular Hbond substituents is 1. The summed E-state index contributed by atoms with van der Waals surface area (Å²) in [7, 11) is -4.13. The minimum absolute atomic E-state index is 0.0369. The summed E-state index contributed by atoms with van der Waals surface area (Å²) in [6.45, 7) is 4.36. The van der Waals surface area contributed by atoms with E-state index in [1.54, 1.807) is 12.1 Å². The molecule has 0 aliphatic carbocycles. The Hall–Kier alpha value is -1.80. The van der Waals surface area contributed by atoms with Gasteiger partial charge in [-0.05, 0) is 38.3 Å². The van der Waals surface area contributed by atoms with E-state index < -0.39 is 21.6 Å². The summed E-state index contributed by atoms with van der Waals surface area (Å²) < 4.78 is 31.9. The van der Waals surface area contributed by atoms with Crippen molar-refractivity contribution in [2.24, 2.45) is 0 Å². The second-order valence-corrected chi connectivity index (χ2v) is 8.35. The molecule has 0 amide bonds. The molecule has 7 nitrogen and oxygen atoms in total. The second-order valence-electron chi connectivity index (χ2n) is 6.85. The number of aromatic hydroxyl groups is 1. The predicted molar refractivity (Wildman–Crippen MR) is 90.2 cm³/mol. The molecule has 0 saturated heterocycles. The zero-order chi connectivity index (χ0) is 18.1. The first-order valence-corrected chi connectivity index (χ1v) is 9.38. The number of hydrogen-bond acceptors (Lipinski definition) is 5. The topological polar surface area (TPSA) is 115 Å². The normalized spacial score (nSPS) is 19.8. The minimum atomic E-state index is -4.13. The first-order chi connectivity index (χ1) is 11.0. The summed E-state index contributed by atoms with van der Waals surface area (Å²) in [5.74, 6) is -1.58. The number of nitrogens with zero attached hydrogens (tertiary/aromatic N) is 1. The van der Waals surface area contributed by atoms with Gasteiger partial charge in [0.2, 0.25) is 0 Å². The fourth-order valence-corrected chi connectivity index (χ4v) is 4.28. The zero-order valence-corrected chi connectivity index (χ0v) is 14.6. The number of fused-ring (bicyclic) bond motifs is 1. The lowest BCUT2D eigenvalue weighted by Crippen LogP contribution is -2.50. The summed E-state index contributed by atoms with van der Waals surface area (Å²) >= 11 is 0. The molecule has 1 atom stereocenters. The summed E-state index contributed by atoms with van der Waals surface area (Å²) in [4.78, 5) is 12.8. The second kappa shape index (κ2) is 6.60. The molecule has 0 spiro atoms. The number of carboxylic acids is 1. The third kappa shape index (κ3) is 4.39. The highest BCUT2D eigenvalue weighted by atomic mass is 32.2. The highest BCUT2D eigenvalue weighted by Crippen LogP contribution is 2.45. The maximum Gasteiger partial charge on any atom is 0.303 e. The van der Waals surface area contributed by atoms with Crippen LogP contribution in [-0.4, -0.2) is 47.0 Å². The van der Waals surface area contributed by atoms with Crippen LogP contribution in [0.25, 0.3) is 0 Å². The fourth-order valence-electron chi connectivity index (χ4n) is 3.47. The van der Waals surface area contributed by atoms with Crippen LogP contribution in [0.3, 0.4) is 0 Å². The number of carboxylic acid groups (broad SMARTS) is 1. The number of benzene rings is 1. The molecule has 1 unspecified atom stereocenters. The first kappa shape index (κ1) is 18.5. The Morgan fingerprint density at radius 1 is 1.38 bits per heavy atom. The van der Waals surface area contributed by atoms with E-state index in [0.29, 0.717) is 25.1 Å². The fraction of sp³-hybridized carbons (Fsp3) is 0.562. The third-order valence-electron chi connectivity index (χ3n) is 4.41. The zero-order valence-electron chi connectivity index (χ0n) is 13.8. The van der Waals surface area contributed by atoms with Crippen molar-refractivity contribution in [3.63, 3.8) is 0 Å². The van der Waals surface area contributed by atoms with Gasteiger partial charge in [0, 0.05) is 36.2 Å². The standard InChI is InChI=1S/C16H23NO6S/c1-16(2)9-11(10-24(21,22)23)13-6-5-12(18)8-14(13)17(16)7-3-4-15(19)20/h5-6,8,11,18H,3-4,7,9-10H2,1-2H3,(H,19,20)(H,21,22,23). The van der Waals surface area contributed by atoms with Crippen molar-refractivity contribution in [2.75, 3.05) is 17.2 Å². The van der Waals surface area contributed by atoms with E-state index in [0.717, 1.165) is 5.56 Å². The van der Waals surface area contributed by atoms with Crippen LogP contribution in [-0.2, 0) is 14.9 Å². The van der Waals surface area contributed by atoms with E-state index in [1.165, 1.54) is 6.07 Å². The molecule has 1 aromatic rings. The van der Waals surface area contributed by atoms with Gasteiger partial charge < -0.3 is 15.1 Å². The van der Waals surface area contributed by atoms with Gasteiger partial charge >= 0.3 is 5.97 Å². The van der Waals surface area contributed by atoms with Crippen molar-refractivity contribution in [1.82, 2.24) is 0 Å². The number of carbonyl (C=O) groups is 1. The number of hydrogen-bond donors (Lipinski definition) is 3. The molecule has 1 aliphatic heterocycles. The average Bonchev–Trinajstić information content (AvgIpc) is 2.39. The Labute approximate surface area is 141 Å². The van der Waals surface area contributed by atoms with Crippen molar-refractivity contribution in [3.05, 3.63) is 23.8 Å². The van der Waals surface area contributed by atoms with E-state index in [9.17, 15) is 22.9 Å². The molecule has 134 valence electrons. The molecule has 8 heteroatoms. The monoisotopic (exact) mass is 357 g/mol. The Bertz CT molecular complexity index is 728. The van der Waals surface area contributed by atoms with Crippen LogP contribution in [0.1, 0.15) is 44.6 Å². The van der Waals surface area contributed by atoms with Crippen LogP contribution in [0.5, 0.6) is 5.75 Å². The van der Waals surface area contributed by atoms with Crippen LogP contribution in [0.2, 0.25) is 0 Å². The lowest BCUT2D eigenvalue weighted by Gasteiger charge is -2.48. The Kier molecular flexibility index (Phi) is 5.10. The highest BCUT2D eigenvalue weighted by Gasteiger charge is 2.39. The highest BCUT2D eigenvalue weighted by molar-refractivity contribution is 7.85. The quantitative estimate of drug-likeness (QED) is 0.669. The molecule has 24 heavy (non-hydrogen) atoms. The van der Waals surface area contributed by atoms with Crippen LogP contribution < -0.4 is 4.90 Å². The average molecular weight is 357 g/mol. The first-order valence-electron chi connectivity index (χ1n) is 7.77. The molecular formula is C16H23NO6S. The smallest absolute Gasteiger partial charge is 0.303 e. The number of rotatable bonds is 6. The lowest BCUT2D eigenvalue weighted by molar-refractivity contribution is -0.137. The molecule has 0 saturated carbocycles. The molecule has 0 fully saturated rings. The maximum atomic E-state index is 11.3. The van der Waals surface area contributed by atoms with Crippen LogP contribution >= 0.6 is 0 Å². The molecular weight excluding hydrogens is 334 g/mol. The van der Waals surface area contributed by atoms with Gasteiger partial charge in [-0.25, -0.2) is 0 Å². The van der Waals surface area contributed by atoms with Gasteiger partial charge in [-0.2, -0.15) is 8.42 Å². The van der Waals surface area contributed by atoms with Crippen molar-refractivity contribution in [3.8, 4) is 5.75 Å². The maximum absolute atomic E-state index is 11.3. The van der Waals surface area contributed by atoms with E-state index in [-0.39, 0.29) is 23.8 Å². The van der Waals surface area contributed by atoms with Crippen LogP contribution in [0, 0.1) is 0 Å². The molecule has 1 heterocycles. The van der Waals surface area contributed by atoms with E-state index in [2.05, 4.69) is 0 Å². The van der Waals surface area contributed by atoms with Crippen molar-refractivity contribution in [2.45, 2.75) is 44.6 Å². The molecule has 2 rings (SSSR count). The van der Waals surface area contributed by atoms with E-state index in [1.807, 2.05) is 18.7 Å². The molecule has 0 radical (unpaired) electrons. The van der Waals surface area contributed by atoms with Gasteiger partial charge in [-0.15, -0.1) is 0 Å². The van der Waals surface area contributed by atoms with Gasteiger partial charge in [-0.3, -0.25) is 9.35 Å². The predicted octanol–water partition coefficient (Wildman–Crippen LogP) is 2.22. The summed E-state index contributed by atoms with van der Waals surface area (Å²) in [6.07, 6.45) is 0.976. The number of aliphatic carboxylic acids is 1. The molecule has 0 aromatic heterocycles. The molecule has 1 aliphatic rings. The molecule has 3 N–H and O–H groups in total. The van der Waals surface area contributed by atoms with Crippen molar-refractivity contribution in [1.29, 1.82) is 0 Å². The van der Waals surface area contributed by atoms with E-state index in [4.69, 9.17) is 5.11 Å². The van der Waals surface area contributed by atoms with Gasteiger partial charge in [-0.1, -0.05) is 6.07 Å².